The number of nitrogens with zero attached hydrogens (tertiary/aromatic N) is 1. The molecule has 1 rings (SSSR count). The molecule has 0 aromatic heterocycles. The van der Waals surface area contributed by atoms with Gasteiger partial charge in [0.15, 0.2) is 0 Å². The molecule has 0 saturated carbocycles. The van der Waals surface area contributed by atoms with Crippen molar-refractivity contribution < 1.29 is 14.3 Å². The lowest BCUT2D eigenvalue weighted by Crippen LogP contribution is -2.28. The van der Waals surface area contributed by atoms with Crippen LogP contribution in [0.4, 0.5) is 5.69 Å². The molecule has 4 heteroatoms. The van der Waals surface area contributed by atoms with Crippen LogP contribution in [0.5, 0.6) is 0 Å². The van der Waals surface area contributed by atoms with Crippen LogP contribution in [-0.4, -0.2) is 26.0 Å². The number of likely N-dealkylation sites (N-methyl/N-ethyl adjacent to an activating group) is 1. The van der Waals surface area contributed by atoms with Gasteiger partial charge in [0.05, 0.1) is 13.5 Å². The number of hydrogen-bond donors (Lipinski definition) is 0. The van der Waals surface area contributed by atoms with Crippen LogP contribution in [0.3, 0.4) is 0 Å². The van der Waals surface area contributed by atoms with E-state index < -0.39 is 5.97 Å². The first-order valence-corrected chi connectivity index (χ1v) is 5.14. The average molecular weight is 233 g/mol. The third-order valence-corrected chi connectivity index (χ3v) is 2.34. The molecule has 0 heterocycles. The van der Waals surface area contributed by atoms with Gasteiger partial charge in [-0.3, -0.25) is 9.59 Å². The summed E-state index contributed by atoms with van der Waals surface area (Å²) in [5.41, 5.74) is 0.965. The summed E-state index contributed by atoms with van der Waals surface area (Å²) in [4.78, 5) is 24.4. The highest BCUT2D eigenvalue weighted by atomic mass is 16.5. The van der Waals surface area contributed by atoms with Crippen molar-refractivity contribution in [1.82, 2.24) is 0 Å². The molecule has 0 radical (unpaired) electrons. The third-order valence-electron chi connectivity index (χ3n) is 2.34. The standard InChI is InChI=1S/C13H15NO3/c1-10(9-12(15)17-3)13(16)14(2)11-7-5-4-6-8-11/h4-8H,1,9H2,2-3H3. The summed E-state index contributed by atoms with van der Waals surface area (Å²) in [6.07, 6.45) is -0.0908. The molecule has 0 aliphatic heterocycles. The Morgan fingerprint density at radius 2 is 1.88 bits per heavy atom. The maximum Gasteiger partial charge on any atom is 0.310 e. The van der Waals surface area contributed by atoms with Crippen LogP contribution in [0.25, 0.3) is 0 Å². The van der Waals surface area contributed by atoms with Crippen molar-refractivity contribution in [1.29, 1.82) is 0 Å². The summed E-state index contributed by atoms with van der Waals surface area (Å²) in [5.74, 6) is -0.758. The van der Waals surface area contributed by atoms with Gasteiger partial charge in [-0.15, -0.1) is 0 Å². The minimum atomic E-state index is -0.468. The van der Waals surface area contributed by atoms with Gasteiger partial charge in [0.2, 0.25) is 0 Å². The fourth-order valence-electron chi connectivity index (χ4n) is 1.33. The van der Waals surface area contributed by atoms with Gasteiger partial charge in [-0.1, -0.05) is 24.8 Å². The molecule has 0 aliphatic rings. The fraction of sp³-hybridized carbons (Fsp3) is 0.231. The Bertz CT molecular complexity index is 426. The van der Waals surface area contributed by atoms with E-state index in [0.29, 0.717) is 0 Å². The second kappa shape index (κ2) is 5.84. The predicted octanol–water partition coefficient (Wildman–Crippen LogP) is 1.77. The second-order valence-electron chi connectivity index (χ2n) is 3.56. The number of anilines is 1. The minimum Gasteiger partial charge on any atom is -0.469 e. The highest BCUT2D eigenvalue weighted by Gasteiger charge is 2.17. The Balaban J connectivity index is 2.70. The summed E-state index contributed by atoms with van der Waals surface area (Å²) in [6, 6.07) is 9.15. The van der Waals surface area contributed by atoms with Gasteiger partial charge in [-0.25, -0.2) is 0 Å². The first-order valence-electron chi connectivity index (χ1n) is 5.14. The molecule has 0 unspecified atom stereocenters. The molecule has 90 valence electrons. The number of benzene rings is 1. The molecule has 1 aromatic carbocycles. The Morgan fingerprint density at radius 1 is 1.29 bits per heavy atom. The van der Waals surface area contributed by atoms with Gasteiger partial charge in [-0.2, -0.15) is 0 Å². The smallest absolute Gasteiger partial charge is 0.310 e. The molecule has 17 heavy (non-hydrogen) atoms. The van der Waals surface area contributed by atoms with Crippen LogP contribution in [0.1, 0.15) is 6.42 Å². The molecule has 1 amide bonds. The van der Waals surface area contributed by atoms with Crippen molar-refractivity contribution in [2.45, 2.75) is 6.42 Å². The van der Waals surface area contributed by atoms with E-state index in [1.807, 2.05) is 30.3 Å². The number of carbonyl (C=O) groups is 2. The predicted molar refractivity (Wildman–Crippen MR) is 65.6 cm³/mol. The number of rotatable bonds is 4. The van der Waals surface area contributed by atoms with E-state index >= 15 is 0 Å². The maximum atomic E-state index is 11.9. The lowest BCUT2D eigenvalue weighted by atomic mass is 10.2. The summed E-state index contributed by atoms with van der Waals surface area (Å²) < 4.78 is 4.49. The molecule has 0 saturated heterocycles. The third kappa shape index (κ3) is 3.45. The molecule has 0 atom stereocenters. The molecule has 0 fully saturated rings. The summed E-state index contributed by atoms with van der Waals surface area (Å²) in [5, 5.41) is 0. The number of hydrogen-bond acceptors (Lipinski definition) is 3. The van der Waals surface area contributed by atoms with Gasteiger partial charge >= 0.3 is 5.97 Å². The topological polar surface area (TPSA) is 46.6 Å². The fourth-order valence-corrected chi connectivity index (χ4v) is 1.33. The monoisotopic (exact) mass is 233 g/mol. The summed E-state index contributed by atoms with van der Waals surface area (Å²) >= 11 is 0. The van der Waals surface area contributed by atoms with Crippen molar-refractivity contribution in [3.63, 3.8) is 0 Å². The van der Waals surface area contributed by atoms with Crippen LogP contribution < -0.4 is 4.90 Å². The SMILES string of the molecule is C=C(CC(=O)OC)C(=O)N(C)c1ccccc1. The second-order valence-corrected chi connectivity index (χ2v) is 3.56. The zero-order valence-corrected chi connectivity index (χ0v) is 9.97. The lowest BCUT2D eigenvalue weighted by Gasteiger charge is -2.18. The molecule has 4 nitrogen and oxygen atoms in total. The van der Waals surface area contributed by atoms with Crippen LogP contribution in [0.15, 0.2) is 42.5 Å². The first-order chi connectivity index (χ1) is 8.06. The van der Waals surface area contributed by atoms with Crippen molar-refractivity contribution >= 4 is 17.6 Å². The number of esters is 1. The quantitative estimate of drug-likeness (QED) is 0.588. The van der Waals surface area contributed by atoms with Crippen LogP contribution in [0.2, 0.25) is 0 Å². The van der Waals surface area contributed by atoms with E-state index in [2.05, 4.69) is 11.3 Å². The molecule has 0 aliphatic carbocycles. The van der Waals surface area contributed by atoms with Crippen LogP contribution >= 0.6 is 0 Å². The van der Waals surface area contributed by atoms with Gasteiger partial charge in [0, 0.05) is 18.3 Å². The summed E-state index contributed by atoms with van der Waals surface area (Å²) in [6.45, 7) is 3.60. The van der Waals surface area contributed by atoms with E-state index in [4.69, 9.17) is 0 Å². The highest BCUT2D eigenvalue weighted by molar-refractivity contribution is 6.06. The zero-order chi connectivity index (χ0) is 12.8. The molecular formula is C13H15NO3. The van der Waals surface area contributed by atoms with E-state index in [1.54, 1.807) is 7.05 Å². The Hall–Kier alpha value is -2.10. The zero-order valence-electron chi connectivity index (χ0n) is 9.97. The van der Waals surface area contributed by atoms with Gasteiger partial charge in [0.25, 0.3) is 5.91 Å². The molecule has 0 N–H and O–H groups in total. The number of ether oxygens (including phenoxy) is 1. The minimum absolute atomic E-state index is 0.0908. The Kier molecular flexibility index (Phi) is 4.46. The lowest BCUT2D eigenvalue weighted by molar-refractivity contribution is -0.140. The van der Waals surface area contributed by atoms with Gasteiger partial charge in [0.1, 0.15) is 0 Å². The number of carbonyl (C=O) groups excluding carboxylic acids is 2. The molecular weight excluding hydrogens is 218 g/mol. The van der Waals surface area contributed by atoms with E-state index in [-0.39, 0.29) is 17.9 Å². The maximum absolute atomic E-state index is 11.9. The molecule has 0 bridgehead atoms. The number of para-hydroxylation sites is 1. The average Bonchev–Trinajstić information content (AvgIpc) is 2.37. The largest absolute Gasteiger partial charge is 0.469 e. The Labute approximate surface area is 100 Å². The summed E-state index contributed by atoms with van der Waals surface area (Å²) in [7, 11) is 2.92. The van der Waals surface area contributed by atoms with Crippen molar-refractivity contribution in [2.24, 2.45) is 0 Å². The van der Waals surface area contributed by atoms with Crippen molar-refractivity contribution in [3.05, 3.63) is 42.5 Å². The Morgan fingerprint density at radius 3 is 2.41 bits per heavy atom. The van der Waals surface area contributed by atoms with E-state index in [9.17, 15) is 9.59 Å². The first kappa shape index (κ1) is 13.0. The van der Waals surface area contributed by atoms with E-state index in [0.717, 1.165) is 5.69 Å². The molecule has 0 spiro atoms. The van der Waals surface area contributed by atoms with Gasteiger partial charge in [-0.05, 0) is 12.1 Å². The number of methoxy groups -OCH3 is 1. The highest BCUT2D eigenvalue weighted by Crippen LogP contribution is 2.14. The normalized spacial score (nSPS) is 9.53. The van der Waals surface area contributed by atoms with Crippen LogP contribution in [-0.2, 0) is 14.3 Å². The van der Waals surface area contributed by atoms with Gasteiger partial charge < -0.3 is 9.64 Å². The number of amides is 1. The van der Waals surface area contributed by atoms with E-state index in [1.165, 1.54) is 12.0 Å². The van der Waals surface area contributed by atoms with Crippen molar-refractivity contribution in [2.75, 3.05) is 19.1 Å². The van der Waals surface area contributed by atoms with Crippen molar-refractivity contribution in [3.8, 4) is 0 Å². The molecule has 1 aromatic rings. The van der Waals surface area contributed by atoms with Crippen LogP contribution in [0, 0.1) is 0 Å².